The van der Waals surface area contributed by atoms with Gasteiger partial charge >= 0.3 is 0 Å². The van der Waals surface area contributed by atoms with Gasteiger partial charge < -0.3 is 9.47 Å². The Morgan fingerprint density at radius 1 is 1.29 bits per heavy atom. The maximum absolute atomic E-state index is 5.87. The zero-order chi connectivity index (χ0) is 12.1. The molecule has 0 radical (unpaired) electrons. The van der Waals surface area contributed by atoms with Crippen LogP contribution in [0, 0.1) is 0 Å². The fourth-order valence-electron chi connectivity index (χ4n) is 1.93. The van der Waals surface area contributed by atoms with E-state index in [4.69, 9.17) is 9.47 Å². The van der Waals surface area contributed by atoms with Crippen molar-refractivity contribution in [2.24, 2.45) is 0 Å². The molecule has 1 unspecified atom stereocenters. The van der Waals surface area contributed by atoms with Gasteiger partial charge in [-0.1, -0.05) is 15.9 Å². The molecule has 0 amide bonds. The van der Waals surface area contributed by atoms with Crippen LogP contribution in [0.4, 0.5) is 0 Å². The summed E-state index contributed by atoms with van der Waals surface area (Å²) in [5, 5.41) is 0. The zero-order valence-electron chi connectivity index (χ0n) is 10.1. The largest absolute Gasteiger partial charge is 0.489 e. The van der Waals surface area contributed by atoms with E-state index in [0.717, 1.165) is 43.1 Å². The van der Waals surface area contributed by atoms with Crippen LogP contribution in [-0.4, -0.2) is 43.9 Å². The third-order valence-electron chi connectivity index (χ3n) is 2.77. The smallest absolute Gasteiger partial charge is 0.119 e. The predicted octanol–water partition coefficient (Wildman–Crippen LogP) is 2.55. The number of nitrogens with zero attached hydrogens (tertiary/aromatic N) is 1. The van der Waals surface area contributed by atoms with Gasteiger partial charge in [0.25, 0.3) is 0 Å². The lowest BCUT2D eigenvalue weighted by Crippen LogP contribution is -2.41. The van der Waals surface area contributed by atoms with Crippen molar-refractivity contribution in [2.75, 3.05) is 32.8 Å². The molecule has 17 heavy (non-hydrogen) atoms. The molecule has 0 bridgehead atoms. The van der Waals surface area contributed by atoms with Crippen molar-refractivity contribution in [3.8, 4) is 5.75 Å². The van der Waals surface area contributed by atoms with Crippen molar-refractivity contribution in [3.63, 3.8) is 0 Å². The Bertz CT molecular complexity index is 336. The second-order valence-corrected chi connectivity index (χ2v) is 5.21. The van der Waals surface area contributed by atoms with Gasteiger partial charge in [0, 0.05) is 24.1 Å². The van der Waals surface area contributed by atoms with Crippen LogP contribution >= 0.6 is 15.9 Å². The average molecular weight is 300 g/mol. The topological polar surface area (TPSA) is 21.7 Å². The molecule has 1 fully saturated rings. The molecule has 0 saturated carbocycles. The molecule has 1 aromatic rings. The van der Waals surface area contributed by atoms with E-state index in [9.17, 15) is 0 Å². The van der Waals surface area contributed by atoms with Crippen LogP contribution in [0.5, 0.6) is 5.75 Å². The molecule has 1 heterocycles. The van der Waals surface area contributed by atoms with E-state index >= 15 is 0 Å². The van der Waals surface area contributed by atoms with Crippen molar-refractivity contribution in [2.45, 2.75) is 13.0 Å². The SMILES string of the molecule is CC(CN1CCOCC1)Oc1ccc(Br)cc1. The van der Waals surface area contributed by atoms with E-state index < -0.39 is 0 Å². The Kier molecular flexibility index (Phi) is 4.83. The number of benzene rings is 1. The van der Waals surface area contributed by atoms with Crippen LogP contribution in [-0.2, 0) is 4.74 Å². The Morgan fingerprint density at radius 2 is 1.94 bits per heavy atom. The molecule has 1 saturated heterocycles. The molecule has 1 aromatic carbocycles. The zero-order valence-corrected chi connectivity index (χ0v) is 11.6. The van der Waals surface area contributed by atoms with Crippen LogP contribution in [0.3, 0.4) is 0 Å². The van der Waals surface area contributed by atoms with E-state index in [2.05, 4.69) is 27.8 Å². The van der Waals surface area contributed by atoms with Gasteiger partial charge in [-0.3, -0.25) is 4.90 Å². The summed E-state index contributed by atoms with van der Waals surface area (Å²) in [7, 11) is 0. The van der Waals surface area contributed by atoms with Crippen molar-refractivity contribution < 1.29 is 9.47 Å². The highest BCUT2D eigenvalue weighted by Crippen LogP contribution is 2.17. The van der Waals surface area contributed by atoms with Gasteiger partial charge in [0.15, 0.2) is 0 Å². The highest BCUT2D eigenvalue weighted by atomic mass is 79.9. The Hall–Kier alpha value is -0.580. The number of rotatable bonds is 4. The Balaban J connectivity index is 1.79. The van der Waals surface area contributed by atoms with Crippen molar-refractivity contribution >= 4 is 15.9 Å². The minimum absolute atomic E-state index is 0.203. The summed E-state index contributed by atoms with van der Waals surface area (Å²) in [5.74, 6) is 0.925. The van der Waals surface area contributed by atoms with E-state index in [1.165, 1.54) is 0 Å². The lowest BCUT2D eigenvalue weighted by Gasteiger charge is -2.29. The number of hydrogen-bond donors (Lipinski definition) is 0. The summed E-state index contributed by atoms with van der Waals surface area (Å²) in [6.45, 7) is 6.76. The van der Waals surface area contributed by atoms with Crippen LogP contribution in [0.25, 0.3) is 0 Å². The summed E-state index contributed by atoms with van der Waals surface area (Å²) in [6, 6.07) is 7.97. The lowest BCUT2D eigenvalue weighted by atomic mass is 10.3. The molecule has 3 nitrogen and oxygen atoms in total. The van der Waals surface area contributed by atoms with Gasteiger partial charge in [0.05, 0.1) is 13.2 Å². The summed E-state index contributed by atoms with van der Waals surface area (Å²) in [4.78, 5) is 2.38. The van der Waals surface area contributed by atoms with E-state index in [1.54, 1.807) is 0 Å². The second kappa shape index (κ2) is 6.38. The van der Waals surface area contributed by atoms with Crippen molar-refractivity contribution in [1.82, 2.24) is 4.90 Å². The van der Waals surface area contributed by atoms with Crippen molar-refractivity contribution in [1.29, 1.82) is 0 Å². The van der Waals surface area contributed by atoms with Crippen LogP contribution in [0.1, 0.15) is 6.92 Å². The third kappa shape index (κ3) is 4.30. The fraction of sp³-hybridized carbons (Fsp3) is 0.538. The molecule has 94 valence electrons. The molecule has 1 aliphatic rings. The van der Waals surface area contributed by atoms with Gasteiger partial charge in [-0.05, 0) is 31.2 Å². The third-order valence-corrected chi connectivity index (χ3v) is 3.30. The first-order valence-corrected chi connectivity index (χ1v) is 6.75. The van der Waals surface area contributed by atoms with Crippen LogP contribution in [0.2, 0.25) is 0 Å². The van der Waals surface area contributed by atoms with Crippen LogP contribution in [0.15, 0.2) is 28.7 Å². The fourth-order valence-corrected chi connectivity index (χ4v) is 2.19. The first kappa shape index (κ1) is 12.9. The molecule has 4 heteroatoms. The summed E-state index contributed by atoms with van der Waals surface area (Å²) in [5.41, 5.74) is 0. The molecule has 1 aliphatic heterocycles. The minimum Gasteiger partial charge on any atom is -0.489 e. The number of morpholine rings is 1. The molecule has 2 rings (SSSR count). The highest BCUT2D eigenvalue weighted by molar-refractivity contribution is 9.10. The maximum Gasteiger partial charge on any atom is 0.119 e. The maximum atomic E-state index is 5.87. The number of halogens is 1. The van der Waals surface area contributed by atoms with E-state index in [-0.39, 0.29) is 6.10 Å². The molecular weight excluding hydrogens is 282 g/mol. The van der Waals surface area contributed by atoms with Gasteiger partial charge in [-0.25, -0.2) is 0 Å². The quantitative estimate of drug-likeness (QED) is 0.853. The number of hydrogen-bond acceptors (Lipinski definition) is 3. The molecule has 0 aromatic heterocycles. The average Bonchev–Trinajstić information content (AvgIpc) is 2.33. The molecule has 1 atom stereocenters. The van der Waals surface area contributed by atoms with E-state index in [1.807, 2.05) is 24.3 Å². The molecular formula is C13H18BrNO2. The standard InChI is InChI=1S/C13H18BrNO2/c1-11(10-15-6-8-16-9-7-15)17-13-4-2-12(14)3-5-13/h2-5,11H,6-10H2,1H3. The Labute approximate surface area is 111 Å². The lowest BCUT2D eigenvalue weighted by molar-refractivity contribution is 0.0219. The minimum atomic E-state index is 0.203. The first-order chi connectivity index (χ1) is 8.24. The number of ether oxygens (including phenoxy) is 2. The van der Waals surface area contributed by atoms with Crippen molar-refractivity contribution in [3.05, 3.63) is 28.7 Å². The second-order valence-electron chi connectivity index (χ2n) is 4.30. The summed E-state index contributed by atoms with van der Waals surface area (Å²) < 4.78 is 12.3. The van der Waals surface area contributed by atoms with Crippen LogP contribution < -0.4 is 4.74 Å². The van der Waals surface area contributed by atoms with Gasteiger partial charge in [0.2, 0.25) is 0 Å². The monoisotopic (exact) mass is 299 g/mol. The molecule has 0 N–H and O–H groups in total. The summed E-state index contributed by atoms with van der Waals surface area (Å²) >= 11 is 3.41. The van der Waals surface area contributed by atoms with Gasteiger partial charge in [-0.2, -0.15) is 0 Å². The highest BCUT2D eigenvalue weighted by Gasteiger charge is 2.14. The Morgan fingerprint density at radius 3 is 2.59 bits per heavy atom. The first-order valence-electron chi connectivity index (χ1n) is 5.96. The normalized spacial score (nSPS) is 18.9. The molecule has 0 aliphatic carbocycles. The predicted molar refractivity (Wildman–Crippen MR) is 71.5 cm³/mol. The summed E-state index contributed by atoms with van der Waals surface area (Å²) in [6.07, 6.45) is 0.203. The molecule has 0 spiro atoms. The van der Waals surface area contributed by atoms with Gasteiger partial charge in [0.1, 0.15) is 11.9 Å². The van der Waals surface area contributed by atoms with E-state index in [0.29, 0.717) is 0 Å². The van der Waals surface area contributed by atoms with Gasteiger partial charge in [-0.15, -0.1) is 0 Å².